The summed E-state index contributed by atoms with van der Waals surface area (Å²) in [4.78, 5) is 35.2. The molecule has 0 saturated carbocycles. The first kappa shape index (κ1) is 26.0. The molecular formula is C26H42N6O2+2. The SMILES string of the molecule is C[N+](C)(C)CCCCCn1c(=O)nc2n(CCCCC[N+](C)(C)C)c3ccccc3nc-2c1=O. The molecule has 1 aromatic carbocycles. The average molecular weight is 471 g/mol. The molecular weight excluding hydrogens is 428 g/mol. The normalized spacial score (nSPS) is 12.6. The van der Waals surface area contributed by atoms with Crippen LogP contribution in [-0.4, -0.2) is 83.4 Å². The van der Waals surface area contributed by atoms with Crippen LogP contribution in [0.5, 0.6) is 0 Å². The Bertz CT molecular complexity index is 1180. The van der Waals surface area contributed by atoms with Crippen molar-refractivity contribution in [3.63, 3.8) is 0 Å². The second-order valence-electron chi connectivity index (χ2n) is 11.4. The first-order chi connectivity index (χ1) is 16.0. The summed E-state index contributed by atoms with van der Waals surface area (Å²) in [5, 5.41) is 0. The molecule has 1 aromatic rings. The van der Waals surface area contributed by atoms with Crippen LogP contribution < -0.4 is 11.2 Å². The lowest BCUT2D eigenvalue weighted by Gasteiger charge is -2.24. The highest BCUT2D eigenvalue weighted by Crippen LogP contribution is 2.21. The average Bonchev–Trinajstić information content (AvgIpc) is 2.74. The zero-order valence-electron chi connectivity index (χ0n) is 21.9. The summed E-state index contributed by atoms with van der Waals surface area (Å²) in [6, 6.07) is 7.79. The largest absolute Gasteiger partial charge is 0.352 e. The van der Waals surface area contributed by atoms with Crippen molar-refractivity contribution in [1.82, 2.24) is 19.1 Å². The van der Waals surface area contributed by atoms with Crippen LogP contribution >= 0.6 is 0 Å². The van der Waals surface area contributed by atoms with Crippen molar-refractivity contribution in [3.05, 3.63) is 45.1 Å². The van der Waals surface area contributed by atoms with Crippen LogP contribution in [0.3, 0.4) is 0 Å². The van der Waals surface area contributed by atoms with E-state index in [9.17, 15) is 9.59 Å². The van der Waals surface area contributed by atoms with E-state index in [1.807, 2.05) is 28.8 Å². The third-order valence-electron chi connectivity index (χ3n) is 6.17. The van der Waals surface area contributed by atoms with Crippen molar-refractivity contribution in [3.8, 4) is 11.5 Å². The summed E-state index contributed by atoms with van der Waals surface area (Å²) in [7, 11) is 13.1. The van der Waals surface area contributed by atoms with Gasteiger partial charge in [-0.15, -0.1) is 0 Å². The lowest BCUT2D eigenvalue weighted by Crippen LogP contribution is -2.39. The minimum Gasteiger partial charge on any atom is -0.331 e. The van der Waals surface area contributed by atoms with Crippen molar-refractivity contribution in [1.29, 1.82) is 0 Å². The molecule has 0 atom stereocenters. The number of unbranched alkanes of at least 4 members (excludes halogenated alkanes) is 4. The van der Waals surface area contributed by atoms with Crippen LogP contribution in [0, 0.1) is 0 Å². The van der Waals surface area contributed by atoms with Crippen molar-refractivity contribution in [2.24, 2.45) is 0 Å². The zero-order chi connectivity index (χ0) is 24.9. The van der Waals surface area contributed by atoms with Crippen LogP contribution in [0.25, 0.3) is 22.6 Å². The highest BCUT2D eigenvalue weighted by Gasteiger charge is 2.21. The van der Waals surface area contributed by atoms with Gasteiger partial charge >= 0.3 is 5.69 Å². The number of aryl methyl sites for hydroxylation is 1. The third kappa shape index (κ3) is 6.96. The van der Waals surface area contributed by atoms with Gasteiger partial charge in [-0.25, -0.2) is 9.78 Å². The van der Waals surface area contributed by atoms with Gasteiger partial charge in [0.2, 0.25) is 0 Å². The monoisotopic (exact) mass is 470 g/mol. The Labute approximate surface area is 203 Å². The number of nitrogens with zero attached hydrogens (tertiary/aromatic N) is 6. The van der Waals surface area contributed by atoms with E-state index >= 15 is 0 Å². The summed E-state index contributed by atoms with van der Waals surface area (Å²) >= 11 is 0. The Balaban J connectivity index is 1.85. The molecule has 0 amide bonds. The van der Waals surface area contributed by atoms with E-state index < -0.39 is 5.69 Å². The smallest absolute Gasteiger partial charge is 0.331 e. The first-order valence-corrected chi connectivity index (χ1v) is 12.5. The summed E-state index contributed by atoms with van der Waals surface area (Å²) in [6.07, 6.45) is 5.98. The summed E-state index contributed by atoms with van der Waals surface area (Å²) in [5.41, 5.74) is 1.15. The number of hydrogen-bond acceptors (Lipinski definition) is 4. The van der Waals surface area contributed by atoms with Gasteiger partial charge in [0.15, 0.2) is 11.5 Å². The van der Waals surface area contributed by atoms with Crippen LogP contribution in [0.2, 0.25) is 0 Å². The van der Waals surface area contributed by atoms with E-state index in [-0.39, 0.29) is 11.3 Å². The summed E-state index contributed by atoms with van der Waals surface area (Å²) < 4.78 is 5.14. The second-order valence-corrected chi connectivity index (χ2v) is 11.4. The Hall–Kier alpha value is -2.58. The van der Waals surface area contributed by atoms with Crippen LogP contribution in [0.1, 0.15) is 38.5 Å². The number of hydrogen-bond donors (Lipinski definition) is 0. The molecule has 0 spiro atoms. The maximum absolute atomic E-state index is 13.3. The van der Waals surface area contributed by atoms with Crippen LogP contribution in [0.4, 0.5) is 0 Å². The van der Waals surface area contributed by atoms with Crippen LogP contribution in [0.15, 0.2) is 33.9 Å². The number of benzene rings is 1. The molecule has 0 bridgehead atoms. The molecule has 0 N–H and O–H groups in total. The molecule has 2 aliphatic rings. The number of rotatable bonds is 12. The first-order valence-electron chi connectivity index (χ1n) is 12.5. The second kappa shape index (κ2) is 10.8. The van der Waals surface area contributed by atoms with Crippen molar-refractivity contribution < 1.29 is 8.97 Å². The van der Waals surface area contributed by atoms with E-state index in [4.69, 9.17) is 0 Å². The highest BCUT2D eigenvalue weighted by molar-refractivity contribution is 5.79. The van der Waals surface area contributed by atoms with Gasteiger partial charge < -0.3 is 13.5 Å². The van der Waals surface area contributed by atoms with Crippen molar-refractivity contribution in [2.75, 3.05) is 55.4 Å². The molecule has 0 aromatic heterocycles. The lowest BCUT2D eigenvalue weighted by atomic mass is 10.2. The predicted molar refractivity (Wildman–Crippen MR) is 138 cm³/mol. The fourth-order valence-corrected chi connectivity index (χ4v) is 4.31. The van der Waals surface area contributed by atoms with Crippen molar-refractivity contribution >= 4 is 11.0 Å². The molecule has 0 unspecified atom stereocenters. The minimum atomic E-state index is -0.472. The quantitative estimate of drug-likeness (QED) is 0.232. The molecule has 0 fully saturated rings. The van der Waals surface area contributed by atoms with Gasteiger partial charge in [0, 0.05) is 13.1 Å². The standard InChI is InChI=1S/C26H42N6O2/c1-31(2,3)19-13-7-11-17-29-22-16-10-9-15-21(22)27-23-24(29)28-26(34)30(25(23)33)18-12-8-14-20-32(4,5)6/h9-10,15-16H,7-8,11-14,17-20H2,1-6H3/q+2. The molecule has 0 radical (unpaired) electrons. The molecule has 186 valence electrons. The zero-order valence-corrected chi connectivity index (χ0v) is 21.9. The fourth-order valence-electron chi connectivity index (χ4n) is 4.31. The van der Waals surface area contributed by atoms with E-state index in [0.29, 0.717) is 18.9 Å². The molecule has 0 saturated heterocycles. The maximum atomic E-state index is 13.3. The Morgan fingerprint density at radius 2 is 1.26 bits per heavy atom. The molecule has 34 heavy (non-hydrogen) atoms. The third-order valence-corrected chi connectivity index (χ3v) is 6.17. The molecule has 2 heterocycles. The Morgan fingerprint density at radius 3 is 1.85 bits per heavy atom. The topological polar surface area (TPSA) is 69.8 Å². The van der Waals surface area contributed by atoms with Gasteiger partial charge in [0.05, 0.1) is 66.4 Å². The van der Waals surface area contributed by atoms with Gasteiger partial charge in [-0.2, -0.15) is 4.98 Å². The van der Waals surface area contributed by atoms with Gasteiger partial charge in [0.25, 0.3) is 5.56 Å². The number of para-hydroxylation sites is 2. The van der Waals surface area contributed by atoms with Gasteiger partial charge in [-0.05, 0) is 50.7 Å². The van der Waals surface area contributed by atoms with Crippen molar-refractivity contribution in [2.45, 2.75) is 51.6 Å². The van der Waals surface area contributed by atoms with Crippen LogP contribution in [-0.2, 0) is 13.1 Å². The van der Waals surface area contributed by atoms with E-state index in [1.54, 1.807) is 0 Å². The van der Waals surface area contributed by atoms with Gasteiger partial charge in [0.1, 0.15) is 0 Å². The fraction of sp³-hybridized carbons (Fsp3) is 0.615. The molecule has 2 aliphatic heterocycles. The summed E-state index contributed by atoms with van der Waals surface area (Å²) in [5.74, 6) is 0.404. The van der Waals surface area contributed by atoms with E-state index in [2.05, 4.69) is 52.3 Å². The number of fused-ring (bicyclic) bond motifs is 2. The molecule has 8 nitrogen and oxygen atoms in total. The predicted octanol–water partition coefficient (Wildman–Crippen LogP) is 2.81. The van der Waals surface area contributed by atoms with Gasteiger partial charge in [-0.1, -0.05) is 12.1 Å². The number of quaternary nitrogens is 2. The Kier molecular flexibility index (Phi) is 8.25. The molecule has 3 rings (SSSR count). The molecule has 8 heteroatoms. The lowest BCUT2D eigenvalue weighted by molar-refractivity contribution is -0.870. The van der Waals surface area contributed by atoms with E-state index in [1.165, 1.54) is 4.57 Å². The maximum Gasteiger partial charge on any atom is 0.352 e. The van der Waals surface area contributed by atoms with E-state index in [0.717, 1.165) is 71.6 Å². The summed E-state index contributed by atoms with van der Waals surface area (Å²) in [6.45, 7) is 3.28. The minimum absolute atomic E-state index is 0.288. The Morgan fingerprint density at radius 1 is 0.706 bits per heavy atom. The van der Waals surface area contributed by atoms with Gasteiger partial charge in [-0.3, -0.25) is 9.36 Å². The molecule has 0 aliphatic carbocycles. The highest BCUT2D eigenvalue weighted by atomic mass is 16.2. The number of aromatic nitrogens is 4.